The van der Waals surface area contributed by atoms with E-state index >= 15 is 0 Å². The van der Waals surface area contributed by atoms with E-state index in [0.717, 1.165) is 0 Å². The van der Waals surface area contributed by atoms with Gasteiger partial charge in [-0.1, -0.05) is 6.07 Å². The minimum atomic E-state index is -3.77. The lowest BCUT2D eigenvalue weighted by Crippen LogP contribution is -2.29. The Morgan fingerprint density at radius 2 is 1.87 bits per heavy atom. The van der Waals surface area contributed by atoms with Crippen LogP contribution < -0.4 is 19.5 Å². The monoisotopic (exact) mass is 438 g/mol. The van der Waals surface area contributed by atoms with Gasteiger partial charge in [-0.25, -0.2) is 13.1 Å². The third kappa shape index (κ3) is 6.17. The van der Waals surface area contributed by atoms with Gasteiger partial charge in [-0.2, -0.15) is 0 Å². The van der Waals surface area contributed by atoms with Crippen molar-refractivity contribution in [3.8, 4) is 11.5 Å². The maximum Gasteiger partial charge on any atom is 0.251 e. The first-order valence-electron chi connectivity index (χ1n) is 9.09. The van der Waals surface area contributed by atoms with Crippen molar-refractivity contribution in [2.45, 2.75) is 11.0 Å². The number of sulfonamides is 1. The predicted octanol–water partition coefficient (Wildman–Crippen LogP) is 1.09. The van der Waals surface area contributed by atoms with E-state index in [1.54, 1.807) is 18.2 Å². The van der Waals surface area contributed by atoms with Crippen molar-refractivity contribution < 1.29 is 32.5 Å². The van der Waals surface area contributed by atoms with E-state index in [-0.39, 0.29) is 30.2 Å². The van der Waals surface area contributed by atoms with Gasteiger partial charge in [0, 0.05) is 31.3 Å². The van der Waals surface area contributed by atoms with Crippen LogP contribution in [0, 0.1) is 0 Å². The van der Waals surface area contributed by atoms with Crippen molar-refractivity contribution in [2.24, 2.45) is 0 Å². The van der Waals surface area contributed by atoms with Gasteiger partial charge in [-0.15, -0.1) is 0 Å². The van der Waals surface area contributed by atoms with Crippen LogP contribution in [0.25, 0.3) is 0 Å². The van der Waals surface area contributed by atoms with Crippen molar-refractivity contribution in [1.82, 2.24) is 10.0 Å². The van der Waals surface area contributed by atoms with Gasteiger partial charge in [-0.05, 0) is 36.4 Å². The second-order valence-electron chi connectivity index (χ2n) is 6.25. The molecule has 0 aliphatic heterocycles. The number of hydrogen-bond acceptors (Lipinski definition) is 7. The van der Waals surface area contributed by atoms with Crippen LogP contribution in [0.4, 0.5) is 0 Å². The Balaban J connectivity index is 2.08. The number of methoxy groups -OCH3 is 3. The maximum absolute atomic E-state index is 12.5. The number of carbonyl (C=O) groups excluding carboxylic acids is 1. The maximum atomic E-state index is 12.5. The van der Waals surface area contributed by atoms with E-state index in [1.807, 2.05) is 0 Å². The molecule has 0 bridgehead atoms. The fourth-order valence-electron chi connectivity index (χ4n) is 2.67. The molecular weight excluding hydrogens is 412 g/mol. The highest BCUT2D eigenvalue weighted by Gasteiger charge is 2.18. The molecule has 3 N–H and O–H groups in total. The van der Waals surface area contributed by atoms with Gasteiger partial charge in [-0.3, -0.25) is 4.79 Å². The first-order chi connectivity index (χ1) is 14.3. The molecule has 0 radical (unpaired) electrons. The molecule has 0 saturated carbocycles. The summed E-state index contributed by atoms with van der Waals surface area (Å²) in [5, 5.41) is 13.1. The van der Waals surface area contributed by atoms with Crippen molar-refractivity contribution in [1.29, 1.82) is 0 Å². The fraction of sp³-hybridized carbons (Fsp3) is 0.350. The fourth-order valence-corrected chi connectivity index (χ4v) is 3.73. The molecule has 0 spiro atoms. The van der Waals surface area contributed by atoms with Crippen LogP contribution in [0.5, 0.6) is 11.5 Å². The molecule has 0 aromatic heterocycles. The average Bonchev–Trinajstić information content (AvgIpc) is 2.76. The highest BCUT2D eigenvalue weighted by Crippen LogP contribution is 2.29. The molecule has 2 aromatic carbocycles. The highest BCUT2D eigenvalue weighted by atomic mass is 32.2. The van der Waals surface area contributed by atoms with Gasteiger partial charge < -0.3 is 24.6 Å². The molecule has 1 unspecified atom stereocenters. The number of amides is 1. The molecule has 0 aliphatic carbocycles. The summed E-state index contributed by atoms with van der Waals surface area (Å²) in [6.07, 6.45) is -1.05. The number of rotatable bonds is 11. The number of aliphatic hydroxyl groups excluding tert-OH is 1. The second-order valence-corrected chi connectivity index (χ2v) is 8.02. The summed E-state index contributed by atoms with van der Waals surface area (Å²) < 4.78 is 42.2. The van der Waals surface area contributed by atoms with Gasteiger partial charge in [0.05, 0.1) is 25.7 Å². The number of benzene rings is 2. The number of ether oxygens (including phenoxy) is 3. The Labute approximate surface area is 176 Å². The largest absolute Gasteiger partial charge is 0.497 e. The summed E-state index contributed by atoms with van der Waals surface area (Å²) >= 11 is 0. The normalized spacial score (nSPS) is 12.3. The molecule has 0 aliphatic rings. The molecule has 30 heavy (non-hydrogen) atoms. The van der Waals surface area contributed by atoms with Crippen molar-refractivity contribution >= 4 is 15.9 Å². The van der Waals surface area contributed by atoms with Crippen LogP contribution >= 0.6 is 0 Å². The molecule has 1 atom stereocenters. The van der Waals surface area contributed by atoms with Crippen LogP contribution in [-0.4, -0.2) is 60.5 Å². The van der Waals surface area contributed by atoms with Gasteiger partial charge in [0.1, 0.15) is 17.6 Å². The average molecular weight is 439 g/mol. The van der Waals surface area contributed by atoms with Crippen molar-refractivity contribution in [3.05, 3.63) is 53.6 Å². The highest BCUT2D eigenvalue weighted by molar-refractivity contribution is 7.89. The third-order valence-corrected chi connectivity index (χ3v) is 5.72. The van der Waals surface area contributed by atoms with Crippen molar-refractivity contribution in [3.63, 3.8) is 0 Å². The van der Waals surface area contributed by atoms with Crippen LogP contribution in [0.1, 0.15) is 22.0 Å². The molecule has 2 aromatic rings. The quantitative estimate of drug-likeness (QED) is 0.449. The van der Waals surface area contributed by atoms with Crippen LogP contribution in [0.3, 0.4) is 0 Å². The predicted molar refractivity (Wildman–Crippen MR) is 110 cm³/mol. The lowest BCUT2D eigenvalue weighted by atomic mass is 10.1. The molecule has 0 heterocycles. The van der Waals surface area contributed by atoms with E-state index in [0.29, 0.717) is 17.1 Å². The summed E-state index contributed by atoms with van der Waals surface area (Å²) in [6, 6.07) is 10.6. The Bertz CT molecular complexity index is 963. The molecule has 10 heteroatoms. The van der Waals surface area contributed by atoms with E-state index in [4.69, 9.17) is 14.2 Å². The van der Waals surface area contributed by atoms with Gasteiger partial charge >= 0.3 is 0 Å². The molecule has 9 nitrogen and oxygen atoms in total. The molecule has 2 rings (SSSR count). The van der Waals surface area contributed by atoms with E-state index < -0.39 is 22.0 Å². The minimum absolute atomic E-state index is 0.0405. The lowest BCUT2D eigenvalue weighted by molar-refractivity contribution is 0.0914. The minimum Gasteiger partial charge on any atom is -0.497 e. The Hall–Kier alpha value is -2.66. The SMILES string of the molecule is COCCNS(=O)(=O)c1cccc(C(=O)NCC(O)c2cc(OC)ccc2OC)c1. The Morgan fingerprint density at radius 1 is 1.10 bits per heavy atom. The Kier molecular flexibility index (Phi) is 8.60. The van der Waals surface area contributed by atoms with Crippen LogP contribution in [0.2, 0.25) is 0 Å². The molecule has 1 amide bonds. The zero-order valence-corrected chi connectivity index (χ0v) is 17.9. The number of carbonyl (C=O) groups is 1. The van der Waals surface area contributed by atoms with Crippen LogP contribution in [0.15, 0.2) is 47.4 Å². The van der Waals surface area contributed by atoms with Crippen molar-refractivity contribution in [2.75, 3.05) is 41.0 Å². The summed E-state index contributed by atoms with van der Waals surface area (Å²) in [7, 11) is 0.678. The lowest BCUT2D eigenvalue weighted by Gasteiger charge is -2.16. The summed E-state index contributed by atoms with van der Waals surface area (Å²) in [5.41, 5.74) is 0.602. The molecule has 164 valence electrons. The zero-order valence-electron chi connectivity index (χ0n) is 17.0. The number of nitrogens with one attached hydrogen (secondary N) is 2. The smallest absolute Gasteiger partial charge is 0.251 e. The standard InChI is InChI=1S/C20H26N2O7S/c1-27-10-9-22-30(25,26)16-6-4-5-14(11-16)20(24)21-13-18(23)17-12-15(28-2)7-8-19(17)29-3/h4-8,11-12,18,22-23H,9-10,13H2,1-3H3,(H,21,24). The number of hydrogen-bond donors (Lipinski definition) is 3. The van der Waals surface area contributed by atoms with Gasteiger partial charge in [0.25, 0.3) is 5.91 Å². The first-order valence-corrected chi connectivity index (χ1v) is 10.6. The Morgan fingerprint density at radius 3 is 2.53 bits per heavy atom. The van der Waals surface area contributed by atoms with Gasteiger partial charge in [0.15, 0.2) is 0 Å². The first kappa shape index (κ1) is 23.6. The van der Waals surface area contributed by atoms with E-state index in [9.17, 15) is 18.3 Å². The zero-order chi connectivity index (χ0) is 22.1. The van der Waals surface area contributed by atoms with Gasteiger partial charge in [0.2, 0.25) is 10.0 Å². The van der Waals surface area contributed by atoms with E-state index in [2.05, 4.69) is 10.0 Å². The summed E-state index contributed by atoms with van der Waals surface area (Å²) in [4.78, 5) is 12.4. The molecule has 0 saturated heterocycles. The molecule has 0 fully saturated rings. The van der Waals surface area contributed by atoms with E-state index in [1.165, 1.54) is 45.6 Å². The van der Waals surface area contributed by atoms with Crippen LogP contribution in [-0.2, 0) is 14.8 Å². The topological polar surface area (TPSA) is 123 Å². The second kappa shape index (κ2) is 10.9. The molecular formula is C20H26N2O7S. The summed E-state index contributed by atoms with van der Waals surface area (Å²) in [6.45, 7) is 0.236. The third-order valence-electron chi connectivity index (χ3n) is 4.26. The number of aliphatic hydroxyl groups is 1. The summed E-state index contributed by atoms with van der Waals surface area (Å²) in [5.74, 6) is 0.465.